The number of aliphatic hydroxyl groups excluding tert-OH is 6. The molecule has 432 valence electrons. The summed E-state index contributed by atoms with van der Waals surface area (Å²) in [5.74, 6) is -10.4. The molecule has 0 amide bonds. The summed E-state index contributed by atoms with van der Waals surface area (Å²) >= 11 is 0. The van der Waals surface area contributed by atoms with E-state index in [1.807, 2.05) is 140 Å². The molecule has 2 aliphatic heterocycles. The number of carbonyl (C=O) groups is 8. The summed E-state index contributed by atoms with van der Waals surface area (Å²) in [5, 5.41) is 58.3. The molecule has 0 saturated heterocycles. The van der Waals surface area contributed by atoms with Crippen molar-refractivity contribution in [3.63, 3.8) is 0 Å². The highest BCUT2D eigenvalue weighted by Crippen LogP contribution is 2.42. The molecule has 20 heteroatoms. The maximum atomic E-state index is 13.3. The second-order valence-corrected chi connectivity index (χ2v) is 21.0. The molecule has 0 aromatic rings. The van der Waals surface area contributed by atoms with Crippen LogP contribution in [0, 0.1) is 10.8 Å². The van der Waals surface area contributed by atoms with Crippen molar-refractivity contribution in [1.82, 2.24) is 0 Å². The number of esters is 6. The highest BCUT2D eigenvalue weighted by Gasteiger charge is 2.43. The number of carbonyl (C=O) groups excluding carboxylic acids is 8. The van der Waals surface area contributed by atoms with Crippen molar-refractivity contribution in [1.29, 1.82) is 0 Å². The van der Waals surface area contributed by atoms with Crippen LogP contribution in [0.4, 0.5) is 0 Å². The molecule has 80 heavy (non-hydrogen) atoms. The van der Waals surface area contributed by atoms with Gasteiger partial charge in [0, 0.05) is 12.8 Å². The van der Waals surface area contributed by atoms with Crippen molar-refractivity contribution in [3.8, 4) is 0 Å². The summed E-state index contributed by atoms with van der Waals surface area (Å²) in [4.78, 5) is 99.0. The molecule has 6 atom stereocenters. The number of Topliss-reactive ketones (excluding diaryl/α,β-unsaturated/α-hetero) is 2. The highest BCUT2D eigenvalue weighted by molar-refractivity contribution is 6.02. The van der Waals surface area contributed by atoms with Gasteiger partial charge in [-0.15, -0.1) is 0 Å². The number of cyclic esters (lactones) is 2. The average molecular weight is 1110 g/mol. The van der Waals surface area contributed by atoms with Gasteiger partial charge in [-0.05, 0) is 74.7 Å². The molecule has 4 aliphatic rings. The third-order valence-corrected chi connectivity index (χ3v) is 13.3. The van der Waals surface area contributed by atoms with E-state index in [2.05, 4.69) is 9.47 Å². The fraction of sp³-hybridized carbons (Fsp3) is 0.433. The summed E-state index contributed by atoms with van der Waals surface area (Å²) in [6, 6.07) is 0. The van der Waals surface area contributed by atoms with Gasteiger partial charge < -0.3 is 59.1 Å². The second kappa shape index (κ2) is 28.7. The van der Waals surface area contributed by atoms with Crippen LogP contribution in [0.25, 0.3) is 0 Å². The SMILES string of the molecule is CC(C=CC=C(C)C=CC1=C(C)C(=O)C(OC(=O)CCC(=O)OCC(O)C2OC(=O)C(O)=C2O)CC1(C)C)=CC=CC=C(C)C=CC=C(C)C=CC1=C(C)C(=O)C(OC(=O)CCC(=O)OCC(O)C2OC(=O)C(O)=C2O)CC1(C)C. The maximum absolute atomic E-state index is 13.3. The lowest BCUT2D eigenvalue weighted by molar-refractivity contribution is -0.160. The lowest BCUT2D eigenvalue weighted by atomic mass is 9.71. The zero-order valence-corrected chi connectivity index (χ0v) is 46.6. The number of rotatable bonds is 24. The van der Waals surface area contributed by atoms with Gasteiger partial charge in [0.2, 0.25) is 11.5 Å². The first kappa shape index (κ1) is 64.4. The van der Waals surface area contributed by atoms with E-state index in [1.165, 1.54) is 0 Å². The third-order valence-electron chi connectivity index (χ3n) is 13.3. The molecule has 0 radical (unpaired) electrons. The third kappa shape index (κ3) is 18.2. The molecule has 2 heterocycles. The molecule has 0 spiro atoms. The predicted octanol–water partition coefficient (Wildman–Crippen LogP) is 7.88. The number of hydrogen-bond donors (Lipinski definition) is 6. The Balaban J connectivity index is 1.20. The number of allylic oxidation sites excluding steroid dienone is 20. The van der Waals surface area contributed by atoms with E-state index >= 15 is 0 Å². The topological polar surface area (TPSA) is 313 Å². The summed E-state index contributed by atoms with van der Waals surface area (Å²) in [5.41, 5.74) is 5.25. The van der Waals surface area contributed by atoms with Crippen LogP contribution >= 0.6 is 0 Å². The summed E-state index contributed by atoms with van der Waals surface area (Å²) < 4.78 is 30.0. The Morgan fingerprint density at radius 1 is 0.525 bits per heavy atom. The molecule has 0 saturated carbocycles. The molecule has 0 fully saturated rings. The van der Waals surface area contributed by atoms with Crippen LogP contribution in [-0.4, -0.2) is 128 Å². The zero-order valence-electron chi connectivity index (χ0n) is 46.6. The van der Waals surface area contributed by atoms with E-state index in [-0.39, 0.29) is 24.4 Å². The van der Waals surface area contributed by atoms with Crippen LogP contribution in [0.3, 0.4) is 0 Å². The molecule has 2 aliphatic carbocycles. The van der Waals surface area contributed by atoms with Crippen LogP contribution in [0.1, 0.15) is 108 Å². The monoisotopic (exact) mass is 1110 g/mol. The van der Waals surface area contributed by atoms with E-state index in [0.29, 0.717) is 11.1 Å². The predicted molar refractivity (Wildman–Crippen MR) is 289 cm³/mol. The van der Waals surface area contributed by atoms with Crippen molar-refractivity contribution < 1.29 is 97.4 Å². The largest absolute Gasteiger partial charge is 0.505 e. The Morgan fingerprint density at radius 3 is 1.16 bits per heavy atom. The standard InChI is InChI=1S/C60H72O20/c1-33(17-13-19-35(3)21-23-39-37(5)49(67)43(29-59(39,7)8)77-47(65)27-25-45(63)75-31-41(61)55-51(69)53(71)57(73)79-55)15-11-12-16-34(2)18-14-20-36(4)22-24-40-38(6)50(68)44(30-60(40,9)10)78-48(66)28-26-46(64)76-32-42(62)56-52(70)54(72)58(74)80-56/h11-24,41-44,55-56,61-62,69-72H,25-32H2,1-10H3. The van der Waals surface area contributed by atoms with Crippen molar-refractivity contribution in [2.75, 3.05) is 13.2 Å². The minimum absolute atomic E-state index is 0.212. The van der Waals surface area contributed by atoms with Gasteiger partial charge in [-0.3, -0.25) is 28.8 Å². The zero-order chi connectivity index (χ0) is 59.8. The van der Waals surface area contributed by atoms with Crippen molar-refractivity contribution >= 4 is 47.4 Å². The molecular weight excluding hydrogens is 1040 g/mol. The number of aliphatic hydroxyl groups is 6. The van der Waals surface area contributed by atoms with Crippen LogP contribution in [0.2, 0.25) is 0 Å². The molecule has 6 unspecified atom stereocenters. The quantitative estimate of drug-likeness (QED) is 0.0304. The van der Waals surface area contributed by atoms with E-state index in [4.69, 9.17) is 18.9 Å². The molecular formula is C60H72O20. The lowest BCUT2D eigenvalue weighted by Gasteiger charge is -2.36. The Morgan fingerprint density at radius 2 is 0.838 bits per heavy atom. The van der Waals surface area contributed by atoms with Gasteiger partial charge in [-0.25, -0.2) is 9.59 Å². The molecule has 20 nitrogen and oxygen atoms in total. The van der Waals surface area contributed by atoms with E-state index in [0.717, 1.165) is 33.4 Å². The number of ketones is 2. The summed E-state index contributed by atoms with van der Waals surface area (Å²) in [6.45, 7) is 17.5. The van der Waals surface area contributed by atoms with Gasteiger partial charge in [0.1, 0.15) is 25.4 Å². The lowest BCUT2D eigenvalue weighted by Crippen LogP contribution is -2.39. The maximum Gasteiger partial charge on any atom is 0.377 e. The molecule has 0 bridgehead atoms. The Kier molecular flexibility index (Phi) is 23.1. The molecule has 0 aromatic carbocycles. The molecule has 4 rings (SSSR count). The minimum Gasteiger partial charge on any atom is -0.505 e. The van der Waals surface area contributed by atoms with Crippen LogP contribution in [0.15, 0.2) is 153 Å². The average Bonchev–Trinajstić information content (AvgIpc) is 3.83. The summed E-state index contributed by atoms with van der Waals surface area (Å²) in [7, 11) is 0. The van der Waals surface area contributed by atoms with Crippen LogP contribution in [-0.2, 0) is 66.8 Å². The van der Waals surface area contributed by atoms with Crippen LogP contribution in [0.5, 0.6) is 0 Å². The van der Waals surface area contributed by atoms with Crippen molar-refractivity contribution in [2.45, 2.75) is 144 Å². The first-order valence-corrected chi connectivity index (χ1v) is 25.8. The van der Waals surface area contributed by atoms with Gasteiger partial charge in [-0.1, -0.05) is 135 Å². The second-order valence-electron chi connectivity index (χ2n) is 21.0. The highest BCUT2D eigenvalue weighted by atomic mass is 16.6. The fourth-order valence-corrected chi connectivity index (χ4v) is 8.73. The minimum atomic E-state index is -1.66. The van der Waals surface area contributed by atoms with E-state index < -0.39 is 145 Å². The Labute approximate surface area is 464 Å². The first-order chi connectivity index (χ1) is 37.4. The van der Waals surface area contributed by atoms with Gasteiger partial charge >= 0.3 is 35.8 Å². The normalized spacial score (nSPS) is 23.1. The van der Waals surface area contributed by atoms with E-state index in [9.17, 15) is 69.0 Å². The molecule has 6 N–H and O–H groups in total. The van der Waals surface area contributed by atoms with Gasteiger partial charge in [0.15, 0.2) is 47.5 Å². The Hall–Kier alpha value is -8.10. The van der Waals surface area contributed by atoms with Crippen molar-refractivity contribution in [3.05, 3.63) is 153 Å². The molecule has 0 aromatic heterocycles. The van der Waals surface area contributed by atoms with Gasteiger partial charge in [-0.2, -0.15) is 0 Å². The Bertz CT molecular complexity index is 2690. The van der Waals surface area contributed by atoms with Crippen molar-refractivity contribution in [2.24, 2.45) is 10.8 Å². The summed E-state index contributed by atoms with van der Waals surface area (Å²) in [6.07, 6.45) is 17.1. The number of hydrogen-bond acceptors (Lipinski definition) is 20. The fourth-order valence-electron chi connectivity index (χ4n) is 8.73. The van der Waals surface area contributed by atoms with Gasteiger partial charge in [0.25, 0.3) is 0 Å². The van der Waals surface area contributed by atoms with Crippen LogP contribution < -0.4 is 0 Å². The van der Waals surface area contributed by atoms with E-state index in [1.54, 1.807) is 13.8 Å². The van der Waals surface area contributed by atoms with Gasteiger partial charge in [0.05, 0.1) is 25.7 Å². The number of ether oxygens (including phenoxy) is 6. The first-order valence-electron chi connectivity index (χ1n) is 25.8. The smallest absolute Gasteiger partial charge is 0.377 e.